The maximum absolute atomic E-state index is 13.0. The fraction of sp³-hybridized carbons (Fsp3) is 0.692. The average molecular weight is 461 g/mol. The quantitative estimate of drug-likeness (QED) is 0.554. The van der Waals surface area contributed by atoms with Crippen molar-refractivity contribution in [3.05, 3.63) is 29.8 Å². The molecule has 3 N–H and O–H groups in total. The fourth-order valence-corrected chi connectivity index (χ4v) is 6.17. The van der Waals surface area contributed by atoms with Gasteiger partial charge in [-0.05, 0) is 66.5 Å². The number of ether oxygens (including phenoxy) is 2. The molecule has 1 aromatic carbocycles. The SMILES string of the molecule is COCC(=O)N[C@H]1CC[C@@]2(C)CC[C@H]([C@H](C)C(=O)NCc3ccc(OC)cc3)[C@H](O)[C@H]2[C@H]1C. The van der Waals surface area contributed by atoms with Crippen LogP contribution >= 0.6 is 0 Å². The average Bonchev–Trinajstić information content (AvgIpc) is 2.79. The summed E-state index contributed by atoms with van der Waals surface area (Å²) in [4.78, 5) is 25.1. The Morgan fingerprint density at radius 1 is 1.18 bits per heavy atom. The van der Waals surface area contributed by atoms with E-state index < -0.39 is 6.10 Å². The minimum absolute atomic E-state index is 0.0123. The third kappa shape index (κ3) is 5.69. The molecule has 7 heteroatoms. The van der Waals surface area contributed by atoms with Gasteiger partial charge in [-0.25, -0.2) is 0 Å². The topological polar surface area (TPSA) is 96.9 Å². The highest BCUT2D eigenvalue weighted by molar-refractivity contribution is 5.78. The number of methoxy groups -OCH3 is 2. The first-order valence-corrected chi connectivity index (χ1v) is 12.1. The molecule has 2 amide bonds. The molecule has 2 aliphatic rings. The van der Waals surface area contributed by atoms with Gasteiger partial charge in [0.2, 0.25) is 11.8 Å². The van der Waals surface area contributed by atoms with E-state index in [1.165, 1.54) is 7.11 Å². The molecule has 1 aromatic rings. The molecule has 2 fully saturated rings. The first kappa shape index (κ1) is 25.5. The van der Waals surface area contributed by atoms with Crippen LogP contribution in [0.2, 0.25) is 0 Å². The number of rotatable bonds is 8. The van der Waals surface area contributed by atoms with Crippen molar-refractivity contribution in [2.75, 3.05) is 20.8 Å². The number of aliphatic hydroxyl groups excluding tert-OH is 1. The summed E-state index contributed by atoms with van der Waals surface area (Å²) in [6.07, 6.45) is 3.10. The molecule has 0 saturated heterocycles. The molecular formula is C26H40N2O5. The monoisotopic (exact) mass is 460 g/mol. The van der Waals surface area contributed by atoms with Gasteiger partial charge in [0.05, 0.1) is 13.2 Å². The predicted molar refractivity (Wildman–Crippen MR) is 127 cm³/mol. The number of hydrogen-bond acceptors (Lipinski definition) is 5. The fourth-order valence-electron chi connectivity index (χ4n) is 6.17. The zero-order valence-electron chi connectivity index (χ0n) is 20.6. The van der Waals surface area contributed by atoms with Crippen LogP contribution in [0.25, 0.3) is 0 Å². The van der Waals surface area contributed by atoms with E-state index in [1.807, 2.05) is 31.2 Å². The molecule has 0 heterocycles. The summed E-state index contributed by atoms with van der Waals surface area (Å²) < 4.78 is 10.1. The minimum Gasteiger partial charge on any atom is -0.497 e. The Kier molecular flexibility index (Phi) is 8.40. The molecule has 184 valence electrons. The molecule has 0 spiro atoms. The molecule has 2 aliphatic carbocycles. The van der Waals surface area contributed by atoms with Gasteiger partial charge in [-0.15, -0.1) is 0 Å². The van der Waals surface area contributed by atoms with Crippen molar-refractivity contribution in [1.82, 2.24) is 10.6 Å². The zero-order chi connectivity index (χ0) is 24.2. The lowest BCUT2D eigenvalue weighted by Gasteiger charge is -2.56. The van der Waals surface area contributed by atoms with E-state index in [-0.39, 0.29) is 53.5 Å². The van der Waals surface area contributed by atoms with Crippen molar-refractivity contribution in [3.63, 3.8) is 0 Å². The van der Waals surface area contributed by atoms with Crippen LogP contribution in [0.15, 0.2) is 24.3 Å². The van der Waals surface area contributed by atoms with Crippen LogP contribution in [0.4, 0.5) is 0 Å². The maximum atomic E-state index is 13.0. The second kappa shape index (κ2) is 10.9. The van der Waals surface area contributed by atoms with Crippen molar-refractivity contribution < 1.29 is 24.2 Å². The van der Waals surface area contributed by atoms with Gasteiger partial charge < -0.3 is 25.2 Å². The highest BCUT2D eigenvalue weighted by Gasteiger charge is 2.53. The molecule has 3 rings (SSSR count). The summed E-state index contributed by atoms with van der Waals surface area (Å²) in [5, 5.41) is 17.6. The Labute approximate surface area is 197 Å². The number of carbonyl (C=O) groups is 2. The number of amides is 2. The second-order valence-corrected chi connectivity index (χ2v) is 10.2. The van der Waals surface area contributed by atoms with E-state index in [4.69, 9.17) is 9.47 Å². The molecule has 0 aliphatic heterocycles. The van der Waals surface area contributed by atoms with Crippen LogP contribution in [0.5, 0.6) is 5.75 Å². The first-order valence-electron chi connectivity index (χ1n) is 12.1. The van der Waals surface area contributed by atoms with Gasteiger partial charge >= 0.3 is 0 Å². The molecule has 33 heavy (non-hydrogen) atoms. The Bertz CT molecular complexity index is 813. The minimum atomic E-state index is -0.581. The molecule has 0 unspecified atom stereocenters. The van der Waals surface area contributed by atoms with Gasteiger partial charge in [0.15, 0.2) is 0 Å². The van der Waals surface area contributed by atoms with Crippen molar-refractivity contribution >= 4 is 11.8 Å². The van der Waals surface area contributed by atoms with Gasteiger partial charge in [-0.3, -0.25) is 9.59 Å². The van der Waals surface area contributed by atoms with E-state index in [2.05, 4.69) is 24.5 Å². The normalized spacial score (nSPS) is 32.4. The van der Waals surface area contributed by atoms with Crippen LogP contribution in [0.3, 0.4) is 0 Å². The molecular weight excluding hydrogens is 420 g/mol. The lowest BCUT2D eigenvalue weighted by molar-refractivity contribution is -0.144. The van der Waals surface area contributed by atoms with Gasteiger partial charge in [-0.1, -0.05) is 32.9 Å². The Hall–Kier alpha value is -2.12. The van der Waals surface area contributed by atoms with Crippen LogP contribution in [0.1, 0.15) is 52.0 Å². The Balaban J connectivity index is 1.64. The number of aliphatic hydroxyl groups is 1. The zero-order valence-corrected chi connectivity index (χ0v) is 20.6. The largest absolute Gasteiger partial charge is 0.497 e. The van der Waals surface area contributed by atoms with Crippen molar-refractivity contribution in [3.8, 4) is 5.75 Å². The van der Waals surface area contributed by atoms with Crippen LogP contribution in [-0.2, 0) is 20.9 Å². The number of benzene rings is 1. The maximum Gasteiger partial charge on any atom is 0.246 e. The number of nitrogens with one attached hydrogen (secondary N) is 2. The summed E-state index contributed by atoms with van der Waals surface area (Å²) in [6.45, 7) is 6.79. The van der Waals surface area contributed by atoms with Gasteiger partial charge in [-0.2, -0.15) is 0 Å². The number of carbonyl (C=O) groups excluding carboxylic acids is 2. The van der Waals surface area contributed by atoms with Crippen molar-refractivity contribution in [2.24, 2.45) is 29.1 Å². The smallest absolute Gasteiger partial charge is 0.246 e. The van der Waals surface area contributed by atoms with Gasteiger partial charge in [0.1, 0.15) is 12.4 Å². The first-order chi connectivity index (χ1) is 15.7. The van der Waals surface area contributed by atoms with Crippen LogP contribution < -0.4 is 15.4 Å². The summed E-state index contributed by atoms with van der Waals surface area (Å²) in [5.74, 6) is 0.392. The van der Waals surface area contributed by atoms with Gasteiger partial charge in [0, 0.05) is 25.6 Å². The van der Waals surface area contributed by atoms with Crippen molar-refractivity contribution in [2.45, 2.75) is 65.1 Å². The molecule has 0 radical (unpaired) electrons. The predicted octanol–water partition coefficient (Wildman–Crippen LogP) is 2.90. The Morgan fingerprint density at radius 3 is 2.48 bits per heavy atom. The lowest BCUT2D eigenvalue weighted by atomic mass is 9.51. The van der Waals surface area contributed by atoms with Crippen molar-refractivity contribution in [1.29, 1.82) is 0 Å². The second-order valence-electron chi connectivity index (χ2n) is 10.2. The summed E-state index contributed by atoms with van der Waals surface area (Å²) in [7, 11) is 3.14. The van der Waals surface area contributed by atoms with Crippen LogP contribution in [-0.4, -0.2) is 49.9 Å². The number of fused-ring (bicyclic) bond motifs is 1. The third-order valence-corrected chi connectivity index (χ3v) is 8.19. The van der Waals surface area contributed by atoms with E-state index in [9.17, 15) is 14.7 Å². The van der Waals surface area contributed by atoms with E-state index in [0.717, 1.165) is 37.0 Å². The third-order valence-electron chi connectivity index (χ3n) is 8.19. The molecule has 0 aromatic heterocycles. The Morgan fingerprint density at radius 2 is 1.85 bits per heavy atom. The lowest BCUT2D eigenvalue weighted by Crippen LogP contribution is -2.58. The molecule has 7 atom stereocenters. The highest BCUT2D eigenvalue weighted by Crippen LogP contribution is 2.55. The summed E-state index contributed by atoms with van der Waals surface area (Å²) >= 11 is 0. The highest BCUT2D eigenvalue weighted by atomic mass is 16.5. The van der Waals surface area contributed by atoms with Crippen LogP contribution in [0, 0.1) is 29.1 Å². The molecule has 0 bridgehead atoms. The summed E-state index contributed by atoms with van der Waals surface area (Å²) in [6, 6.07) is 7.64. The van der Waals surface area contributed by atoms with E-state index >= 15 is 0 Å². The van der Waals surface area contributed by atoms with Gasteiger partial charge in [0.25, 0.3) is 0 Å². The summed E-state index contributed by atoms with van der Waals surface area (Å²) in [5.41, 5.74) is 1.03. The molecule has 7 nitrogen and oxygen atoms in total. The molecule has 2 saturated carbocycles. The van der Waals surface area contributed by atoms with E-state index in [1.54, 1.807) is 7.11 Å². The number of hydrogen-bond donors (Lipinski definition) is 3. The standard InChI is InChI=1S/C26H40N2O5/c1-16(25(31)27-14-18-6-8-19(33-5)9-7-18)20-10-12-26(3)13-11-21(28-22(29)15-32-4)17(2)23(26)24(20)30/h6-9,16-17,20-21,23-24,30H,10-15H2,1-5H3,(H,27,31)(H,28,29)/t16-,17-,20+,21-,23+,24-,26+/m0/s1. The van der Waals surface area contributed by atoms with E-state index in [0.29, 0.717) is 6.54 Å².